The van der Waals surface area contributed by atoms with Crippen LogP contribution in [0.5, 0.6) is 5.75 Å². The standard InChI is InChI=1S/C13H20FNO/c1-4-15-11(3)7-8-16-12-5-6-13(14)10(2)9-12/h5-6,9,11,15H,4,7-8H2,1-3H3. The molecule has 0 radical (unpaired) electrons. The monoisotopic (exact) mass is 225 g/mol. The molecule has 1 N–H and O–H groups in total. The third kappa shape index (κ3) is 4.19. The zero-order valence-corrected chi connectivity index (χ0v) is 10.2. The molecule has 0 aliphatic carbocycles. The fourth-order valence-electron chi connectivity index (χ4n) is 1.51. The summed E-state index contributed by atoms with van der Waals surface area (Å²) in [7, 11) is 0. The first-order valence-electron chi connectivity index (χ1n) is 5.75. The van der Waals surface area contributed by atoms with Crippen LogP contribution in [0.2, 0.25) is 0 Å². The molecular weight excluding hydrogens is 205 g/mol. The van der Waals surface area contributed by atoms with E-state index in [0.717, 1.165) is 18.7 Å². The van der Waals surface area contributed by atoms with E-state index in [1.54, 1.807) is 19.1 Å². The molecule has 0 aliphatic heterocycles. The third-order valence-corrected chi connectivity index (χ3v) is 2.50. The molecule has 0 spiro atoms. The Balaban J connectivity index is 2.34. The van der Waals surface area contributed by atoms with Crippen LogP contribution in [-0.4, -0.2) is 19.2 Å². The van der Waals surface area contributed by atoms with Crippen molar-refractivity contribution in [2.45, 2.75) is 33.2 Å². The highest BCUT2D eigenvalue weighted by Gasteiger charge is 2.02. The Morgan fingerprint density at radius 3 is 2.81 bits per heavy atom. The summed E-state index contributed by atoms with van der Waals surface area (Å²) in [5, 5.41) is 3.31. The molecule has 0 saturated carbocycles. The largest absolute Gasteiger partial charge is 0.494 e. The van der Waals surface area contributed by atoms with Gasteiger partial charge in [-0.05, 0) is 50.6 Å². The van der Waals surface area contributed by atoms with Crippen molar-refractivity contribution in [1.29, 1.82) is 0 Å². The lowest BCUT2D eigenvalue weighted by Crippen LogP contribution is -2.27. The highest BCUT2D eigenvalue weighted by Crippen LogP contribution is 2.16. The fourth-order valence-corrected chi connectivity index (χ4v) is 1.51. The van der Waals surface area contributed by atoms with Crippen LogP contribution in [0.4, 0.5) is 4.39 Å². The number of halogens is 1. The molecular formula is C13H20FNO. The van der Waals surface area contributed by atoms with E-state index < -0.39 is 0 Å². The van der Waals surface area contributed by atoms with E-state index in [9.17, 15) is 4.39 Å². The van der Waals surface area contributed by atoms with Gasteiger partial charge in [0.05, 0.1) is 6.61 Å². The zero-order valence-electron chi connectivity index (χ0n) is 10.2. The maximum Gasteiger partial charge on any atom is 0.126 e. The summed E-state index contributed by atoms with van der Waals surface area (Å²) in [4.78, 5) is 0. The van der Waals surface area contributed by atoms with E-state index in [-0.39, 0.29) is 5.82 Å². The second kappa shape index (κ2) is 6.48. The van der Waals surface area contributed by atoms with Crippen molar-refractivity contribution in [3.8, 4) is 5.75 Å². The zero-order chi connectivity index (χ0) is 12.0. The van der Waals surface area contributed by atoms with Gasteiger partial charge >= 0.3 is 0 Å². The predicted octanol–water partition coefficient (Wildman–Crippen LogP) is 2.90. The SMILES string of the molecule is CCNC(C)CCOc1ccc(F)c(C)c1. The molecule has 16 heavy (non-hydrogen) atoms. The second-order valence-electron chi connectivity index (χ2n) is 4.01. The van der Waals surface area contributed by atoms with Crippen LogP contribution >= 0.6 is 0 Å². The molecule has 0 bridgehead atoms. The number of hydrogen-bond acceptors (Lipinski definition) is 2. The van der Waals surface area contributed by atoms with Gasteiger partial charge in [-0.3, -0.25) is 0 Å². The van der Waals surface area contributed by atoms with Gasteiger partial charge in [-0.1, -0.05) is 6.92 Å². The molecule has 0 saturated heterocycles. The van der Waals surface area contributed by atoms with E-state index in [2.05, 4.69) is 19.2 Å². The van der Waals surface area contributed by atoms with Crippen LogP contribution in [0.1, 0.15) is 25.8 Å². The van der Waals surface area contributed by atoms with E-state index in [1.807, 2.05) is 0 Å². The number of hydrogen-bond donors (Lipinski definition) is 1. The Morgan fingerprint density at radius 1 is 1.44 bits per heavy atom. The Kier molecular flexibility index (Phi) is 5.26. The summed E-state index contributed by atoms with van der Waals surface area (Å²) < 4.78 is 18.5. The average Bonchev–Trinajstić information content (AvgIpc) is 2.24. The van der Waals surface area contributed by atoms with Crippen molar-refractivity contribution < 1.29 is 9.13 Å². The first kappa shape index (κ1) is 13.0. The molecule has 1 atom stereocenters. The van der Waals surface area contributed by atoms with E-state index in [0.29, 0.717) is 18.2 Å². The van der Waals surface area contributed by atoms with Crippen molar-refractivity contribution in [3.05, 3.63) is 29.6 Å². The number of nitrogens with one attached hydrogen (secondary N) is 1. The molecule has 2 nitrogen and oxygen atoms in total. The second-order valence-corrected chi connectivity index (χ2v) is 4.01. The van der Waals surface area contributed by atoms with Crippen LogP contribution in [0.15, 0.2) is 18.2 Å². The molecule has 0 amide bonds. The van der Waals surface area contributed by atoms with Crippen LogP contribution in [-0.2, 0) is 0 Å². The van der Waals surface area contributed by atoms with Gasteiger partial charge < -0.3 is 10.1 Å². The maximum atomic E-state index is 13.0. The lowest BCUT2D eigenvalue weighted by Gasteiger charge is -2.13. The summed E-state index contributed by atoms with van der Waals surface area (Å²) in [5.74, 6) is 0.552. The Hall–Kier alpha value is -1.09. The highest BCUT2D eigenvalue weighted by atomic mass is 19.1. The minimum Gasteiger partial charge on any atom is -0.494 e. The fraction of sp³-hybridized carbons (Fsp3) is 0.538. The number of ether oxygens (including phenoxy) is 1. The molecule has 0 heterocycles. The number of benzene rings is 1. The summed E-state index contributed by atoms with van der Waals surface area (Å²) >= 11 is 0. The van der Waals surface area contributed by atoms with Gasteiger partial charge in [-0.15, -0.1) is 0 Å². The summed E-state index contributed by atoms with van der Waals surface area (Å²) in [6, 6.07) is 5.29. The van der Waals surface area contributed by atoms with Gasteiger partial charge in [0.15, 0.2) is 0 Å². The van der Waals surface area contributed by atoms with Gasteiger partial charge in [0.2, 0.25) is 0 Å². The van der Waals surface area contributed by atoms with Crippen molar-refractivity contribution in [1.82, 2.24) is 5.32 Å². The normalized spacial score (nSPS) is 12.5. The smallest absolute Gasteiger partial charge is 0.126 e. The van der Waals surface area contributed by atoms with E-state index in [4.69, 9.17) is 4.74 Å². The van der Waals surface area contributed by atoms with Gasteiger partial charge in [0, 0.05) is 6.04 Å². The molecule has 1 rings (SSSR count). The molecule has 0 aliphatic rings. The van der Waals surface area contributed by atoms with Crippen molar-refractivity contribution in [3.63, 3.8) is 0 Å². The quantitative estimate of drug-likeness (QED) is 0.803. The minimum atomic E-state index is -0.187. The predicted molar refractivity (Wildman–Crippen MR) is 64.4 cm³/mol. The molecule has 90 valence electrons. The topological polar surface area (TPSA) is 21.3 Å². The summed E-state index contributed by atoms with van der Waals surface area (Å²) in [6.07, 6.45) is 0.949. The first-order chi connectivity index (χ1) is 7.63. The number of aryl methyl sites for hydroxylation is 1. The summed E-state index contributed by atoms with van der Waals surface area (Å²) in [6.45, 7) is 7.57. The first-order valence-corrected chi connectivity index (χ1v) is 5.75. The lowest BCUT2D eigenvalue weighted by atomic mass is 10.2. The minimum absolute atomic E-state index is 0.187. The Labute approximate surface area is 96.8 Å². The van der Waals surface area contributed by atoms with Gasteiger partial charge in [-0.2, -0.15) is 0 Å². The van der Waals surface area contributed by atoms with Crippen LogP contribution in [0, 0.1) is 12.7 Å². The Bertz CT molecular complexity index is 328. The molecule has 1 aromatic carbocycles. The summed E-state index contributed by atoms with van der Waals surface area (Å²) in [5.41, 5.74) is 0.622. The van der Waals surface area contributed by atoms with Gasteiger partial charge in [0.1, 0.15) is 11.6 Å². The van der Waals surface area contributed by atoms with Gasteiger partial charge in [-0.25, -0.2) is 4.39 Å². The average molecular weight is 225 g/mol. The van der Waals surface area contributed by atoms with Crippen molar-refractivity contribution in [2.75, 3.05) is 13.2 Å². The molecule has 3 heteroatoms. The molecule has 1 aromatic rings. The third-order valence-electron chi connectivity index (χ3n) is 2.50. The van der Waals surface area contributed by atoms with Crippen LogP contribution < -0.4 is 10.1 Å². The maximum absolute atomic E-state index is 13.0. The van der Waals surface area contributed by atoms with E-state index >= 15 is 0 Å². The Morgan fingerprint density at radius 2 is 2.19 bits per heavy atom. The van der Waals surface area contributed by atoms with Gasteiger partial charge in [0.25, 0.3) is 0 Å². The molecule has 0 aromatic heterocycles. The van der Waals surface area contributed by atoms with Crippen molar-refractivity contribution >= 4 is 0 Å². The van der Waals surface area contributed by atoms with Crippen LogP contribution in [0.25, 0.3) is 0 Å². The van der Waals surface area contributed by atoms with E-state index in [1.165, 1.54) is 6.07 Å². The highest BCUT2D eigenvalue weighted by molar-refractivity contribution is 5.28. The molecule has 1 unspecified atom stereocenters. The lowest BCUT2D eigenvalue weighted by molar-refractivity contribution is 0.290. The number of rotatable bonds is 6. The molecule has 0 fully saturated rings. The van der Waals surface area contributed by atoms with Crippen LogP contribution in [0.3, 0.4) is 0 Å². The van der Waals surface area contributed by atoms with Crippen molar-refractivity contribution in [2.24, 2.45) is 0 Å².